The average Bonchev–Trinajstić information content (AvgIpc) is 3.04. The molecule has 1 atom stereocenters. The first-order valence-electron chi connectivity index (χ1n) is 8.85. The van der Waals surface area contributed by atoms with Gasteiger partial charge in [-0.15, -0.1) is 24.0 Å². The zero-order chi connectivity index (χ0) is 18.4. The number of aliphatic hydroxyl groups excluding tert-OH is 1. The predicted octanol–water partition coefficient (Wildman–Crippen LogP) is 2.63. The van der Waals surface area contributed by atoms with Crippen LogP contribution in [0, 0.1) is 0 Å². The van der Waals surface area contributed by atoms with Crippen LogP contribution in [0.4, 0.5) is 0 Å². The van der Waals surface area contributed by atoms with Crippen molar-refractivity contribution >= 4 is 29.9 Å². The SMILES string of the molecule is CCNC(=NCC(C)(C)c1ccc(OC)c(OC)c1)N1CC[C@@H](O)C1.I. The van der Waals surface area contributed by atoms with E-state index < -0.39 is 0 Å². The maximum Gasteiger partial charge on any atom is 0.194 e. The number of aliphatic imine (C=N–C) groups is 1. The first kappa shape index (κ1) is 22.8. The number of β-amino-alcohol motifs (C(OH)–C–C–N with tert-alkyl or cyclic N) is 1. The van der Waals surface area contributed by atoms with Gasteiger partial charge in [0.2, 0.25) is 0 Å². The van der Waals surface area contributed by atoms with Gasteiger partial charge in [-0.1, -0.05) is 19.9 Å². The van der Waals surface area contributed by atoms with Gasteiger partial charge >= 0.3 is 0 Å². The molecule has 0 saturated carbocycles. The fourth-order valence-corrected chi connectivity index (χ4v) is 2.98. The maximum absolute atomic E-state index is 9.78. The van der Waals surface area contributed by atoms with Crippen LogP contribution in [0.3, 0.4) is 0 Å². The maximum atomic E-state index is 9.78. The number of hydrogen-bond acceptors (Lipinski definition) is 4. The van der Waals surface area contributed by atoms with Crippen molar-refractivity contribution in [2.75, 3.05) is 40.4 Å². The largest absolute Gasteiger partial charge is 0.493 e. The summed E-state index contributed by atoms with van der Waals surface area (Å²) in [7, 11) is 3.29. The number of ether oxygens (including phenoxy) is 2. The van der Waals surface area contributed by atoms with Gasteiger partial charge < -0.3 is 24.8 Å². The fraction of sp³-hybridized carbons (Fsp3) is 0.632. The Hall–Kier alpha value is -1.22. The van der Waals surface area contributed by atoms with Crippen LogP contribution in [0.2, 0.25) is 0 Å². The summed E-state index contributed by atoms with van der Waals surface area (Å²) >= 11 is 0. The summed E-state index contributed by atoms with van der Waals surface area (Å²) in [6.45, 7) is 9.31. The summed E-state index contributed by atoms with van der Waals surface area (Å²) in [5.74, 6) is 2.32. The molecule has 0 unspecified atom stereocenters. The van der Waals surface area contributed by atoms with Gasteiger partial charge in [-0.2, -0.15) is 0 Å². The number of benzene rings is 1. The van der Waals surface area contributed by atoms with Crippen LogP contribution in [-0.4, -0.2) is 62.5 Å². The average molecular weight is 477 g/mol. The highest BCUT2D eigenvalue weighted by Crippen LogP contribution is 2.33. The summed E-state index contributed by atoms with van der Waals surface area (Å²) < 4.78 is 10.7. The Morgan fingerprint density at radius 3 is 2.54 bits per heavy atom. The van der Waals surface area contributed by atoms with Crippen LogP contribution < -0.4 is 14.8 Å². The van der Waals surface area contributed by atoms with Gasteiger partial charge in [-0.05, 0) is 31.0 Å². The smallest absolute Gasteiger partial charge is 0.194 e. The number of methoxy groups -OCH3 is 2. The third kappa shape index (κ3) is 5.64. The normalized spacial score (nSPS) is 17.7. The lowest BCUT2D eigenvalue weighted by atomic mass is 9.84. The molecule has 6 nitrogen and oxygen atoms in total. The highest BCUT2D eigenvalue weighted by atomic mass is 127. The zero-order valence-corrected chi connectivity index (χ0v) is 18.7. The summed E-state index contributed by atoms with van der Waals surface area (Å²) in [6, 6.07) is 6.01. The standard InChI is InChI=1S/C19H31N3O3.HI/c1-6-20-18(22-10-9-15(23)12-22)21-13-19(2,3)14-7-8-16(24-4)17(11-14)25-5;/h7-8,11,15,23H,6,9-10,12-13H2,1-5H3,(H,20,21);1H/t15-;/m1./s1. The van der Waals surface area contributed by atoms with E-state index in [0.29, 0.717) is 13.1 Å². The van der Waals surface area contributed by atoms with E-state index in [0.717, 1.165) is 42.5 Å². The van der Waals surface area contributed by atoms with Crippen molar-refractivity contribution in [1.82, 2.24) is 10.2 Å². The van der Waals surface area contributed by atoms with E-state index in [1.165, 1.54) is 0 Å². The molecule has 1 aromatic carbocycles. The van der Waals surface area contributed by atoms with Gasteiger partial charge in [0.1, 0.15) is 0 Å². The second-order valence-corrected chi connectivity index (χ2v) is 7.01. The van der Waals surface area contributed by atoms with E-state index in [4.69, 9.17) is 14.5 Å². The molecule has 1 aromatic rings. The van der Waals surface area contributed by atoms with E-state index in [1.807, 2.05) is 12.1 Å². The topological polar surface area (TPSA) is 66.3 Å². The zero-order valence-electron chi connectivity index (χ0n) is 16.4. The van der Waals surface area contributed by atoms with Gasteiger partial charge in [-0.25, -0.2) is 0 Å². The Kier molecular flexibility index (Phi) is 8.95. The summed E-state index contributed by atoms with van der Waals surface area (Å²) in [6.07, 6.45) is 0.534. The monoisotopic (exact) mass is 477 g/mol. The molecule has 148 valence electrons. The quantitative estimate of drug-likeness (QED) is 0.375. The van der Waals surface area contributed by atoms with Crippen LogP contribution in [0.15, 0.2) is 23.2 Å². The van der Waals surface area contributed by atoms with Crippen LogP contribution in [0.1, 0.15) is 32.8 Å². The number of halogens is 1. The Bertz CT molecular complexity index is 608. The third-order valence-corrected chi connectivity index (χ3v) is 4.59. The molecule has 1 saturated heterocycles. The molecule has 0 radical (unpaired) electrons. The Labute approximate surface area is 174 Å². The summed E-state index contributed by atoms with van der Waals surface area (Å²) in [5, 5.41) is 13.1. The van der Waals surface area contributed by atoms with Crippen LogP contribution in [-0.2, 0) is 5.41 Å². The van der Waals surface area contributed by atoms with E-state index >= 15 is 0 Å². The molecule has 1 aliphatic rings. The number of nitrogens with one attached hydrogen (secondary N) is 1. The number of likely N-dealkylation sites (tertiary alicyclic amines) is 1. The van der Waals surface area contributed by atoms with Crippen molar-refractivity contribution in [3.05, 3.63) is 23.8 Å². The number of nitrogens with zero attached hydrogens (tertiary/aromatic N) is 2. The van der Waals surface area contributed by atoms with Crippen molar-refractivity contribution in [3.63, 3.8) is 0 Å². The van der Waals surface area contributed by atoms with Gasteiger partial charge in [0.05, 0.1) is 26.9 Å². The van der Waals surface area contributed by atoms with Gasteiger partial charge in [-0.3, -0.25) is 4.99 Å². The van der Waals surface area contributed by atoms with Crippen molar-refractivity contribution in [2.24, 2.45) is 4.99 Å². The van der Waals surface area contributed by atoms with E-state index in [-0.39, 0.29) is 35.5 Å². The second-order valence-electron chi connectivity index (χ2n) is 7.01. The molecule has 0 aliphatic carbocycles. The Balaban J connectivity index is 0.00000338. The molecule has 0 amide bonds. The highest BCUT2D eigenvalue weighted by Gasteiger charge is 2.25. The lowest BCUT2D eigenvalue weighted by Crippen LogP contribution is -2.41. The molecule has 0 aromatic heterocycles. The van der Waals surface area contributed by atoms with Crippen molar-refractivity contribution < 1.29 is 14.6 Å². The van der Waals surface area contributed by atoms with Crippen LogP contribution in [0.5, 0.6) is 11.5 Å². The molecular formula is C19H32IN3O3. The number of rotatable bonds is 6. The molecule has 7 heteroatoms. The first-order valence-corrected chi connectivity index (χ1v) is 8.85. The Morgan fingerprint density at radius 1 is 1.31 bits per heavy atom. The highest BCUT2D eigenvalue weighted by molar-refractivity contribution is 14.0. The third-order valence-electron chi connectivity index (χ3n) is 4.59. The number of aliphatic hydroxyl groups is 1. The van der Waals surface area contributed by atoms with E-state index in [2.05, 4.69) is 37.1 Å². The van der Waals surface area contributed by atoms with Crippen LogP contribution >= 0.6 is 24.0 Å². The first-order chi connectivity index (χ1) is 11.9. The van der Waals surface area contributed by atoms with E-state index in [1.54, 1.807) is 14.2 Å². The van der Waals surface area contributed by atoms with Gasteiger partial charge in [0, 0.05) is 25.0 Å². The minimum absolute atomic E-state index is 0. The lowest BCUT2D eigenvalue weighted by Gasteiger charge is -2.27. The molecule has 1 heterocycles. The number of guanidine groups is 1. The second kappa shape index (κ2) is 10.2. The molecule has 1 fully saturated rings. The molecule has 2 rings (SSSR count). The minimum atomic E-state index is -0.261. The molecule has 0 bridgehead atoms. The van der Waals surface area contributed by atoms with Crippen molar-refractivity contribution in [2.45, 2.75) is 38.7 Å². The van der Waals surface area contributed by atoms with Gasteiger partial charge in [0.25, 0.3) is 0 Å². The lowest BCUT2D eigenvalue weighted by molar-refractivity contribution is 0.187. The summed E-state index contributed by atoms with van der Waals surface area (Å²) in [5.41, 5.74) is 0.990. The Morgan fingerprint density at radius 2 is 2.00 bits per heavy atom. The molecule has 2 N–H and O–H groups in total. The van der Waals surface area contributed by atoms with Crippen LogP contribution in [0.25, 0.3) is 0 Å². The minimum Gasteiger partial charge on any atom is -0.493 e. The number of hydrogen-bond donors (Lipinski definition) is 2. The fourth-order valence-electron chi connectivity index (χ4n) is 2.98. The van der Waals surface area contributed by atoms with E-state index in [9.17, 15) is 5.11 Å². The molecular weight excluding hydrogens is 445 g/mol. The molecule has 1 aliphatic heterocycles. The molecule has 26 heavy (non-hydrogen) atoms. The molecule has 0 spiro atoms. The van der Waals surface area contributed by atoms with Crippen molar-refractivity contribution in [1.29, 1.82) is 0 Å². The van der Waals surface area contributed by atoms with Gasteiger partial charge in [0.15, 0.2) is 17.5 Å². The van der Waals surface area contributed by atoms with Crippen molar-refractivity contribution in [3.8, 4) is 11.5 Å². The predicted molar refractivity (Wildman–Crippen MR) is 116 cm³/mol. The summed E-state index contributed by atoms with van der Waals surface area (Å²) in [4.78, 5) is 6.95.